The molecule has 0 rings (SSSR count). The van der Waals surface area contributed by atoms with Gasteiger partial charge in [0, 0.05) is 6.54 Å². The number of carbonyl (C=O) groups is 2. The lowest BCUT2D eigenvalue weighted by atomic mass is 10.0. The van der Waals surface area contributed by atoms with Gasteiger partial charge in [-0.3, -0.25) is 14.5 Å². The van der Waals surface area contributed by atoms with E-state index in [0.717, 1.165) is 0 Å². The highest BCUT2D eigenvalue weighted by Gasteiger charge is 2.25. The monoisotopic (exact) mass is 229 g/mol. The second-order valence-corrected chi connectivity index (χ2v) is 4.32. The fourth-order valence-corrected chi connectivity index (χ4v) is 1.50. The third-order valence-corrected chi connectivity index (χ3v) is 2.23. The van der Waals surface area contributed by atoms with Crippen LogP contribution in [0.4, 0.5) is 0 Å². The molecule has 0 aliphatic heterocycles. The summed E-state index contributed by atoms with van der Waals surface area (Å²) in [5.74, 6) is -0.340. The maximum atomic E-state index is 11.9. The van der Waals surface area contributed by atoms with E-state index in [1.54, 1.807) is 0 Å². The normalized spacial score (nSPS) is 12.6. The predicted molar refractivity (Wildman–Crippen MR) is 63.5 cm³/mol. The Balaban J connectivity index is 4.53. The number of hydrogen-bond donors (Lipinski definition) is 2. The molecule has 5 nitrogen and oxygen atoms in total. The molecule has 0 saturated carbocycles. The summed E-state index contributed by atoms with van der Waals surface area (Å²) in [6.07, 6.45) is 1.29. The molecule has 94 valence electrons. The van der Waals surface area contributed by atoms with Gasteiger partial charge in [-0.15, -0.1) is 0 Å². The van der Waals surface area contributed by atoms with Crippen molar-refractivity contribution in [1.29, 1.82) is 0 Å². The van der Waals surface area contributed by atoms with Gasteiger partial charge < -0.3 is 11.5 Å². The summed E-state index contributed by atoms with van der Waals surface area (Å²) in [6.45, 7) is 6.11. The van der Waals surface area contributed by atoms with Crippen molar-refractivity contribution >= 4 is 11.8 Å². The van der Waals surface area contributed by atoms with Crippen LogP contribution in [0, 0.1) is 5.92 Å². The highest BCUT2D eigenvalue weighted by molar-refractivity contribution is 5.98. The summed E-state index contributed by atoms with van der Waals surface area (Å²) in [6, 6.07) is -0.609. The van der Waals surface area contributed by atoms with Gasteiger partial charge in [0.15, 0.2) is 0 Å². The van der Waals surface area contributed by atoms with Crippen molar-refractivity contribution in [3.63, 3.8) is 0 Å². The standard InChI is InChI=1S/C11H23N3O2/c1-4-5-14(10(15)7-12)11(16)9(13)6-8(2)3/h8-9H,4-7,12-13H2,1-3H3/t9-/m0/s1. The van der Waals surface area contributed by atoms with E-state index in [4.69, 9.17) is 11.5 Å². The molecule has 0 aliphatic rings. The molecule has 0 radical (unpaired) electrons. The van der Waals surface area contributed by atoms with Crippen LogP contribution < -0.4 is 11.5 Å². The smallest absolute Gasteiger partial charge is 0.246 e. The van der Waals surface area contributed by atoms with Crippen LogP contribution in [0.1, 0.15) is 33.6 Å². The minimum atomic E-state index is -0.609. The van der Waals surface area contributed by atoms with Gasteiger partial charge in [0.2, 0.25) is 11.8 Å². The Hall–Kier alpha value is -0.940. The topological polar surface area (TPSA) is 89.4 Å². The van der Waals surface area contributed by atoms with Crippen LogP contribution in [-0.4, -0.2) is 35.8 Å². The van der Waals surface area contributed by atoms with E-state index in [-0.39, 0.29) is 18.4 Å². The average molecular weight is 229 g/mol. The van der Waals surface area contributed by atoms with E-state index < -0.39 is 6.04 Å². The lowest BCUT2D eigenvalue weighted by Gasteiger charge is -2.23. The van der Waals surface area contributed by atoms with Gasteiger partial charge in [0.25, 0.3) is 0 Å². The third-order valence-electron chi connectivity index (χ3n) is 2.23. The van der Waals surface area contributed by atoms with Gasteiger partial charge in [0.1, 0.15) is 0 Å². The molecule has 2 amide bonds. The Morgan fingerprint density at radius 3 is 2.25 bits per heavy atom. The maximum Gasteiger partial charge on any atom is 0.246 e. The van der Waals surface area contributed by atoms with Crippen LogP contribution in [0.2, 0.25) is 0 Å². The van der Waals surface area contributed by atoms with Crippen molar-refractivity contribution in [2.75, 3.05) is 13.1 Å². The van der Waals surface area contributed by atoms with Gasteiger partial charge in [-0.05, 0) is 18.8 Å². The minimum absolute atomic E-state index is 0.153. The summed E-state index contributed by atoms with van der Waals surface area (Å²) in [5, 5.41) is 0. The first-order valence-corrected chi connectivity index (χ1v) is 5.73. The number of imide groups is 1. The molecular weight excluding hydrogens is 206 g/mol. The number of nitrogens with zero attached hydrogens (tertiary/aromatic N) is 1. The van der Waals surface area contributed by atoms with Crippen molar-refractivity contribution in [2.24, 2.45) is 17.4 Å². The van der Waals surface area contributed by atoms with E-state index in [1.165, 1.54) is 4.90 Å². The fourth-order valence-electron chi connectivity index (χ4n) is 1.50. The summed E-state index contributed by atoms with van der Waals surface area (Å²) in [7, 11) is 0. The number of hydrogen-bond acceptors (Lipinski definition) is 4. The van der Waals surface area contributed by atoms with Gasteiger partial charge in [-0.1, -0.05) is 20.8 Å². The van der Waals surface area contributed by atoms with Crippen molar-refractivity contribution in [3.05, 3.63) is 0 Å². The first-order chi connectivity index (χ1) is 7.43. The second kappa shape index (κ2) is 7.35. The first kappa shape index (κ1) is 15.1. The second-order valence-electron chi connectivity index (χ2n) is 4.32. The van der Waals surface area contributed by atoms with Crippen LogP contribution in [-0.2, 0) is 9.59 Å². The lowest BCUT2D eigenvalue weighted by molar-refractivity contribution is -0.145. The highest BCUT2D eigenvalue weighted by Crippen LogP contribution is 2.06. The molecule has 1 atom stereocenters. The molecule has 0 unspecified atom stereocenters. The van der Waals surface area contributed by atoms with Crippen molar-refractivity contribution < 1.29 is 9.59 Å². The third kappa shape index (κ3) is 4.72. The number of nitrogens with two attached hydrogens (primary N) is 2. The molecule has 0 aromatic carbocycles. The van der Waals surface area contributed by atoms with Crippen molar-refractivity contribution in [3.8, 4) is 0 Å². The molecule has 0 fully saturated rings. The van der Waals surface area contributed by atoms with Crippen LogP contribution in [0.5, 0.6) is 0 Å². The Kier molecular flexibility index (Phi) is 6.92. The summed E-state index contributed by atoms with van der Waals surface area (Å²) < 4.78 is 0. The van der Waals surface area contributed by atoms with Gasteiger partial charge in [0.05, 0.1) is 12.6 Å². The Labute approximate surface area is 97.2 Å². The molecule has 0 saturated heterocycles. The van der Waals surface area contributed by atoms with E-state index in [2.05, 4.69) is 0 Å². The fraction of sp³-hybridized carbons (Fsp3) is 0.818. The molecule has 4 N–H and O–H groups in total. The predicted octanol–water partition coefficient (Wildman–Crippen LogP) is 0.0837. The molecule has 16 heavy (non-hydrogen) atoms. The Bertz CT molecular complexity index is 241. The SMILES string of the molecule is CCCN(C(=O)CN)C(=O)[C@@H](N)CC(C)C. The first-order valence-electron chi connectivity index (χ1n) is 5.73. The Morgan fingerprint density at radius 1 is 1.31 bits per heavy atom. The lowest BCUT2D eigenvalue weighted by Crippen LogP contribution is -2.49. The van der Waals surface area contributed by atoms with Crippen LogP contribution in [0.3, 0.4) is 0 Å². The average Bonchev–Trinajstić information content (AvgIpc) is 2.23. The van der Waals surface area contributed by atoms with Gasteiger partial charge >= 0.3 is 0 Å². The van der Waals surface area contributed by atoms with E-state index >= 15 is 0 Å². The van der Waals surface area contributed by atoms with E-state index in [9.17, 15) is 9.59 Å². The van der Waals surface area contributed by atoms with Gasteiger partial charge in [-0.2, -0.15) is 0 Å². The van der Waals surface area contributed by atoms with Crippen molar-refractivity contribution in [1.82, 2.24) is 4.90 Å². The van der Waals surface area contributed by atoms with Crippen molar-refractivity contribution in [2.45, 2.75) is 39.7 Å². The molecule has 0 aliphatic carbocycles. The van der Waals surface area contributed by atoms with Gasteiger partial charge in [-0.25, -0.2) is 0 Å². The molecule has 0 aromatic rings. The number of amides is 2. The molecule has 5 heteroatoms. The number of rotatable bonds is 6. The molecule has 0 bridgehead atoms. The molecular formula is C11H23N3O2. The molecule has 0 aromatic heterocycles. The highest BCUT2D eigenvalue weighted by atomic mass is 16.2. The zero-order valence-electron chi connectivity index (χ0n) is 10.4. The zero-order valence-corrected chi connectivity index (χ0v) is 10.4. The minimum Gasteiger partial charge on any atom is -0.322 e. The summed E-state index contributed by atoms with van der Waals surface area (Å²) in [4.78, 5) is 24.5. The zero-order chi connectivity index (χ0) is 12.7. The quantitative estimate of drug-likeness (QED) is 0.675. The summed E-state index contributed by atoms with van der Waals surface area (Å²) >= 11 is 0. The molecule has 0 spiro atoms. The van der Waals surface area contributed by atoms with Crippen LogP contribution >= 0.6 is 0 Å². The summed E-state index contributed by atoms with van der Waals surface area (Å²) in [5.41, 5.74) is 11.0. The van der Waals surface area contributed by atoms with E-state index in [1.807, 2.05) is 20.8 Å². The Morgan fingerprint density at radius 2 is 1.88 bits per heavy atom. The maximum absolute atomic E-state index is 11.9. The van der Waals surface area contributed by atoms with E-state index in [0.29, 0.717) is 25.3 Å². The van der Waals surface area contributed by atoms with Crippen LogP contribution in [0.25, 0.3) is 0 Å². The largest absolute Gasteiger partial charge is 0.322 e. The molecule has 0 heterocycles. The van der Waals surface area contributed by atoms with Crippen LogP contribution in [0.15, 0.2) is 0 Å². The number of carbonyl (C=O) groups excluding carboxylic acids is 2.